The van der Waals surface area contributed by atoms with E-state index in [1.807, 2.05) is 9.47 Å². The molecule has 80 valence electrons. The van der Waals surface area contributed by atoms with Crippen molar-refractivity contribution in [2.24, 2.45) is 0 Å². The van der Waals surface area contributed by atoms with Crippen LogP contribution in [0.2, 0.25) is 0 Å². The van der Waals surface area contributed by atoms with E-state index in [1.54, 1.807) is 6.07 Å². The number of hydrogen-bond acceptors (Lipinski definition) is 4. The van der Waals surface area contributed by atoms with Crippen LogP contribution in [0.25, 0.3) is 0 Å². The van der Waals surface area contributed by atoms with Gasteiger partial charge in [-0.1, -0.05) is 0 Å². The van der Waals surface area contributed by atoms with E-state index in [0.717, 1.165) is 0 Å². The molecular weight excluding hydrogens is 215 g/mol. The van der Waals surface area contributed by atoms with Gasteiger partial charge in [0.1, 0.15) is 17.3 Å². The minimum Gasteiger partial charge on any atom is -0.507 e. The Morgan fingerprint density at radius 2 is 2.13 bits per heavy atom. The molecular formula is C10H11O4P. The Bertz CT molecular complexity index is 400. The number of Topliss-reactive ketones (excluding diaryl/α,β-unsaturated/α-hetero) is 2. The maximum Gasteiger partial charge on any atom is 0.173 e. The van der Waals surface area contributed by atoms with Gasteiger partial charge >= 0.3 is 0 Å². The summed E-state index contributed by atoms with van der Waals surface area (Å²) in [6.07, 6.45) is -0.200. The maximum absolute atomic E-state index is 11.4. The first kappa shape index (κ1) is 11.7. The van der Waals surface area contributed by atoms with E-state index < -0.39 is 5.78 Å². The molecule has 0 fully saturated rings. The molecule has 1 N–H and O–H groups in total. The standard InChI is InChI=1S/C10H11O4P/c1-6(11)4-9(12)8-3-2-7(14-15)5-10(8)13/h2-3,5,13H,4,15H2,1H3. The Kier molecular flexibility index (Phi) is 3.81. The highest BCUT2D eigenvalue weighted by Crippen LogP contribution is 2.25. The van der Waals surface area contributed by atoms with Crippen LogP contribution in [0.1, 0.15) is 23.7 Å². The molecule has 1 unspecified atom stereocenters. The first-order valence-corrected chi connectivity index (χ1v) is 4.74. The molecule has 1 rings (SSSR count). The van der Waals surface area contributed by atoms with E-state index in [2.05, 4.69) is 0 Å². The van der Waals surface area contributed by atoms with Gasteiger partial charge < -0.3 is 9.63 Å². The first-order valence-electron chi connectivity index (χ1n) is 4.27. The molecule has 15 heavy (non-hydrogen) atoms. The second kappa shape index (κ2) is 4.89. The van der Waals surface area contributed by atoms with Gasteiger partial charge in [0.05, 0.1) is 21.5 Å². The Morgan fingerprint density at radius 1 is 1.47 bits per heavy atom. The van der Waals surface area contributed by atoms with E-state index in [-0.39, 0.29) is 23.5 Å². The molecule has 1 aromatic carbocycles. The van der Waals surface area contributed by atoms with E-state index in [9.17, 15) is 14.7 Å². The third-order valence-corrected chi connectivity index (χ3v) is 2.09. The lowest BCUT2D eigenvalue weighted by Crippen LogP contribution is -2.04. The van der Waals surface area contributed by atoms with Gasteiger partial charge in [-0.05, 0) is 19.1 Å². The molecule has 0 aliphatic carbocycles. The predicted octanol–water partition coefficient (Wildman–Crippen LogP) is 1.72. The van der Waals surface area contributed by atoms with Crippen LogP contribution in [0.4, 0.5) is 0 Å². The number of phenolic OH excluding ortho intramolecular Hbond substituents is 1. The third kappa shape index (κ3) is 3.03. The SMILES string of the molecule is CC(=O)CC(=O)c1ccc(OP)cc1O. The van der Waals surface area contributed by atoms with Crippen LogP contribution in [0, 0.1) is 0 Å². The summed E-state index contributed by atoms with van der Waals surface area (Å²) in [7, 11) is 2.03. The molecule has 1 aromatic rings. The molecule has 1 atom stereocenters. The predicted molar refractivity (Wildman–Crippen MR) is 58.1 cm³/mol. The van der Waals surface area contributed by atoms with Gasteiger partial charge in [0, 0.05) is 6.07 Å². The van der Waals surface area contributed by atoms with Gasteiger partial charge in [-0.25, -0.2) is 0 Å². The van der Waals surface area contributed by atoms with Crippen molar-refractivity contribution in [2.75, 3.05) is 0 Å². The van der Waals surface area contributed by atoms with Crippen LogP contribution in [-0.4, -0.2) is 16.7 Å². The number of rotatable bonds is 4. The van der Waals surface area contributed by atoms with Crippen molar-refractivity contribution in [3.8, 4) is 11.5 Å². The molecule has 0 radical (unpaired) electrons. The summed E-state index contributed by atoms with van der Waals surface area (Å²) in [5, 5.41) is 9.48. The molecule has 4 nitrogen and oxygen atoms in total. The van der Waals surface area contributed by atoms with Gasteiger partial charge in [0.25, 0.3) is 0 Å². The summed E-state index contributed by atoms with van der Waals surface area (Å²) in [5.41, 5.74) is 0.135. The second-order valence-corrected chi connectivity index (χ2v) is 3.33. The Labute approximate surface area is 89.5 Å². The van der Waals surface area contributed by atoms with E-state index >= 15 is 0 Å². The number of ketones is 2. The fourth-order valence-corrected chi connectivity index (χ4v) is 1.29. The molecule has 0 aliphatic heterocycles. The lowest BCUT2D eigenvalue weighted by atomic mass is 10.1. The highest BCUT2D eigenvalue weighted by atomic mass is 31.0. The van der Waals surface area contributed by atoms with Crippen LogP contribution in [0.5, 0.6) is 11.5 Å². The number of phenols is 1. The molecule has 0 aromatic heterocycles. The van der Waals surface area contributed by atoms with Gasteiger partial charge in [-0.15, -0.1) is 0 Å². The van der Waals surface area contributed by atoms with Crippen molar-refractivity contribution < 1.29 is 19.2 Å². The molecule has 0 heterocycles. The molecule has 5 heteroatoms. The minimum atomic E-state index is -0.393. The molecule has 0 aliphatic rings. The lowest BCUT2D eigenvalue weighted by Gasteiger charge is -2.04. The van der Waals surface area contributed by atoms with Crippen molar-refractivity contribution in [3.05, 3.63) is 23.8 Å². The monoisotopic (exact) mass is 226 g/mol. The van der Waals surface area contributed by atoms with Crippen molar-refractivity contribution in [2.45, 2.75) is 13.3 Å². The maximum atomic E-state index is 11.4. The molecule has 0 saturated heterocycles. The zero-order chi connectivity index (χ0) is 11.4. The minimum absolute atomic E-state index is 0.135. The molecule has 0 bridgehead atoms. The van der Waals surface area contributed by atoms with Crippen LogP contribution >= 0.6 is 9.47 Å². The molecule has 0 amide bonds. The number of carbonyl (C=O) groups excluding carboxylic acids is 2. The fourth-order valence-electron chi connectivity index (χ4n) is 1.14. The Hall–Kier alpha value is -1.41. The molecule has 0 saturated carbocycles. The number of benzene rings is 1. The van der Waals surface area contributed by atoms with Gasteiger partial charge in [-0.2, -0.15) is 0 Å². The highest BCUT2D eigenvalue weighted by molar-refractivity contribution is 7.10. The number of carbonyl (C=O) groups is 2. The average Bonchev–Trinajstić information content (AvgIpc) is 2.16. The normalized spacial score (nSPS) is 9.73. The van der Waals surface area contributed by atoms with Crippen LogP contribution in [-0.2, 0) is 4.79 Å². The lowest BCUT2D eigenvalue weighted by molar-refractivity contribution is -0.116. The second-order valence-electron chi connectivity index (χ2n) is 3.10. The summed E-state index contributed by atoms with van der Waals surface area (Å²) in [5.74, 6) is -0.376. The van der Waals surface area contributed by atoms with Crippen LogP contribution in [0.3, 0.4) is 0 Å². The summed E-state index contributed by atoms with van der Waals surface area (Å²) in [6, 6.07) is 4.29. The van der Waals surface area contributed by atoms with Gasteiger partial charge in [0.2, 0.25) is 0 Å². The van der Waals surface area contributed by atoms with Crippen molar-refractivity contribution in [3.63, 3.8) is 0 Å². The molecule has 0 spiro atoms. The zero-order valence-electron chi connectivity index (χ0n) is 8.19. The van der Waals surface area contributed by atoms with Crippen LogP contribution < -0.4 is 4.52 Å². The Morgan fingerprint density at radius 3 is 2.60 bits per heavy atom. The summed E-state index contributed by atoms with van der Waals surface area (Å²) in [4.78, 5) is 22.2. The van der Waals surface area contributed by atoms with Crippen molar-refractivity contribution >= 4 is 21.0 Å². The largest absolute Gasteiger partial charge is 0.507 e. The van der Waals surface area contributed by atoms with Crippen LogP contribution in [0.15, 0.2) is 18.2 Å². The average molecular weight is 226 g/mol. The quantitative estimate of drug-likeness (QED) is 0.482. The highest BCUT2D eigenvalue weighted by Gasteiger charge is 2.13. The first-order chi connectivity index (χ1) is 7.04. The van der Waals surface area contributed by atoms with Gasteiger partial charge in [-0.3, -0.25) is 9.59 Å². The zero-order valence-corrected chi connectivity index (χ0v) is 9.34. The number of hydrogen-bond donors (Lipinski definition) is 1. The van der Waals surface area contributed by atoms with Crippen molar-refractivity contribution in [1.29, 1.82) is 0 Å². The van der Waals surface area contributed by atoms with E-state index in [0.29, 0.717) is 5.75 Å². The Balaban J connectivity index is 2.95. The smallest absolute Gasteiger partial charge is 0.173 e. The fraction of sp³-hybridized carbons (Fsp3) is 0.200. The van der Waals surface area contributed by atoms with E-state index in [4.69, 9.17) is 4.52 Å². The summed E-state index contributed by atoms with van der Waals surface area (Å²) >= 11 is 0. The van der Waals surface area contributed by atoms with E-state index in [1.165, 1.54) is 19.1 Å². The summed E-state index contributed by atoms with van der Waals surface area (Å²) < 4.78 is 4.79. The number of aromatic hydroxyl groups is 1. The summed E-state index contributed by atoms with van der Waals surface area (Å²) in [6.45, 7) is 1.33. The third-order valence-electron chi connectivity index (χ3n) is 1.82. The topological polar surface area (TPSA) is 63.6 Å². The van der Waals surface area contributed by atoms with Crippen molar-refractivity contribution in [1.82, 2.24) is 0 Å². The van der Waals surface area contributed by atoms with Gasteiger partial charge in [0.15, 0.2) is 5.78 Å².